The van der Waals surface area contributed by atoms with Crippen LogP contribution in [0.3, 0.4) is 0 Å². The number of carbonyl (C=O) groups is 1. The number of carbonyl (C=O) groups excluding carboxylic acids is 1. The molecule has 3 aromatic rings. The van der Waals surface area contributed by atoms with E-state index in [1.165, 1.54) is 16.7 Å². The van der Waals surface area contributed by atoms with Gasteiger partial charge in [-0.3, -0.25) is 9.36 Å². The van der Waals surface area contributed by atoms with Crippen molar-refractivity contribution in [1.82, 2.24) is 14.5 Å². The summed E-state index contributed by atoms with van der Waals surface area (Å²) in [6, 6.07) is 6.17. The van der Waals surface area contributed by atoms with E-state index < -0.39 is 58.8 Å². The van der Waals surface area contributed by atoms with Crippen LogP contribution in [-0.2, 0) is 30.5 Å². The molecule has 2 aliphatic heterocycles. The molecule has 2 unspecified atom stereocenters. The van der Waals surface area contributed by atoms with Crippen LogP contribution in [0.15, 0.2) is 29.2 Å². The molecule has 0 spiro atoms. The smallest absolute Gasteiger partial charge is 0.295 e. The van der Waals surface area contributed by atoms with Crippen LogP contribution in [0, 0.1) is 5.92 Å². The van der Waals surface area contributed by atoms with E-state index >= 15 is 0 Å². The summed E-state index contributed by atoms with van der Waals surface area (Å²) in [5.41, 5.74) is 1.01. The highest BCUT2D eigenvalue weighted by Gasteiger charge is 2.60. The summed E-state index contributed by atoms with van der Waals surface area (Å²) in [5.74, 6) is -5.80. The summed E-state index contributed by atoms with van der Waals surface area (Å²) < 4.78 is 94.2. The standard InChI is InChI=1S/C28H30F4N4O5S/c1-42(38,39)22-11-15(21-5-4-10-40-21)7-8-18(22)34-19-12-16(13-20(37)17-14-28(17,31)32)33-26-24(19)35-27(25(29)30)36(26)23-6-2-3-9-41-23/h7-8,11-12,17,21,23,25H,2-6,9-10,13-14H2,1H3,(H,33,34)/t17?,21-,23?/m0/s1. The minimum Gasteiger partial charge on any atom is -0.374 e. The number of ether oxygens (including phenoxy) is 2. The van der Waals surface area contributed by atoms with Gasteiger partial charge in [-0.2, -0.15) is 0 Å². The lowest BCUT2D eigenvalue weighted by Crippen LogP contribution is -2.21. The van der Waals surface area contributed by atoms with Crippen molar-refractivity contribution in [1.29, 1.82) is 0 Å². The van der Waals surface area contributed by atoms with E-state index in [0.717, 1.165) is 31.9 Å². The maximum Gasteiger partial charge on any atom is 0.295 e. The molecule has 1 aromatic carbocycles. The molecular weight excluding hydrogens is 580 g/mol. The van der Waals surface area contributed by atoms with Gasteiger partial charge in [0, 0.05) is 32.3 Å². The zero-order chi connectivity index (χ0) is 29.8. The summed E-state index contributed by atoms with van der Waals surface area (Å²) in [5, 5.41) is 3.02. The number of imidazole rings is 1. The van der Waals surface area contributed by atoms with Gasteiger partial charge in [-0.05, 0) is 55.9 Å². The molecule has 1 N–H and O–H groups in total. The Bertz CT molecular complexity index is 1630. The van der Waals surface area contributed by atoms with Gasteiger partial charge in [0.1, 0.15) is 17.5 Å². The number of halogens is 4. The summed E-state index contributed by atoms with van der Waals surface area (Å²) in [7, 11) is -3.77. The van der Waals surface area contributed by atoms with Gasteiger partial charge in [-0.1, -0.05) is 6.07 Å². The van der Waals surface area contributed by atoms with E-state index in [2.05, 4.69) is 15.3 Å². The normalized spacial score (nSPS) is 23.9. The minimum absolute atomic E-state index is 0.00933. The van der Waals surface area contributed by atoms with Gasteiger partial charge in [-0.25, -0.2) is 35.9 Å². The Labute approximate surface area is 239 Å². The van der Waals surface area contributed by atoms with Crippen LogP contribution in [0.5, 0.6) is 0 Å². The first-order chi connectivity index (χ1) is 19.9. The lowest BCUT2D eigenvalue weighted by molar-refractivity contribution is -0.121. The number of ketones is 1. The van der Waals surface area contributed by atoms with Crippen molar-refractivity contribution >= 4 is 38.2 Å². The van der Waals surface area contributed by atoms with Crippen molar-refractivity contribution in [2.24, 2.45) is 5.92 Å². The number of rotatable bonds is 9. The van der Waals surface area contributed by atoms with Gasteiger partial charge in [0.05, 0.1) is 34.0 Å². The molecule has 2 saturated heterocycles. The molecule has 3 atom stereocenters. The van der Waals surface area contributed by atoms with Gasteiger partial charge in [-0.15, -0.1) is 0 Å². The highest BCUT2D eigenvalue weighted by Crippen LogP contribution is 2.49. The van der Waals surface area contributed by atoms with Crippen molar-refractivity contribution in [3.8, 4) is 0 Å². The van der Waals surface area contributed by atoms with Crippen molar-refractivity contribution < 1.29 is 40.2 Å². The van der Waals surface area contributed by atoms with Crippen LogP contribution in [0.4, 0.5) is 28.9 Å². The lowest BCUT2D eigenvalue weighted by atomic mass is 10.1. The first-order valence-corrected chi connectivity index (χ1v) is 15.8. The van der Waals surface area contributed by atoms with Crippen LogP contribution < -0.4 is 5.32 Å². The predicted octanol–water partition coefficient (Wildman–Crippen LogP) is 5.83. The Kier molecular flexibility index (Phi) is 7.50. The summed E-state index contributed by atoms with van der Waals surface area (Å²) >= 11 is 0. The van der Waals surface area contributed by atoms with Crippen molar-refractivity contribution in [3.63, 3.8) is 0 Å². The molecule has 0 amide bonds. The van der Waals surface area contributed by atoms with E-state index in [1.54, 1.807) is 12.1 Å². The largest absolute Gasteiger partial charge is 0.374 e. The van der Waals surface area contributed by atoms with E-state index in [0.29, 0.717) is 25.2 Å². The molecule has 3 fully saturated rings. The summed E-state index contributed by atoms with van der Waals surface area (Å²) in [6.07, 6.45) is -0.466. The molecule has 2 aromatic heterocycles. The van der Waals surface area contributed by atoms with Crippen LogP contribution in [-0.4, -0.2) is 54.1 Å². The second-order valence-electron chi connectivity index (χ2n) is 11.1. The Morgan fingerprint density at radius 3 is 2.48 bits per heavy atom. The molecule has 42 heavy (non-hydrogen) atoms. The fraction of sp³-hybridized carbons (Fsp3) is 0.536. The molecule has 14 heteroatoms. The summed E-state index contributed by atoms with van der Waals surface area (Å²) in [6.45, 7) is 0.920. The third kappa shape index (κ3) is 5.63. The molecule has 4 heterocycles. The minimum atomic E-state index is -3.77. The molecule has 9 nitrogen and oxygen atoms in total. The number of benzene rings is 1. The number of aromatic nitrogens is 3. The predicted molar refractivity (Wildman–Crippen MR) is 144 cm³/mol. The number of alkyl halides is 4. The monoisotopic (exact) mass is 610 g/mol. The molecule has 1 aliphatic carbocycles. The zero-order valence-corrected chi connectivity index (χ0v) is 23.6. The average Bonchev–Trinajstić information content (AvgIpc) is 3.30. The number of hydrogen-bond acceptors (Lipinski definition) is 8. The van der Waals surface area contributed by atoms with Crippen LogP contribution in [0.2, 0.25) is 0 Å². The maximum atomic E-state index is 14.3. The van der Waals surface area contributed by atoms with Gasteiger partial charge in [0.25, 0.3) is 12.3 Å². The third-order valence-corrected chi connectivity index (χ3v) is 9.05. The number of pyridine rings is 1. The first-order valence-electron chi connectivity index (χ1n) is 13.9. The fourth-order valence-electron chi connectivity index (χ4n) is 5.68. The van der Waals surface area contributed by atoms with Gasteiger partial charge < -0.3 is 14.8 Å². The van der Waals surface area contributed by atoms with Crippen LogP contribution >= 0.6 is 0 Å². The first kappa shape index (κ1) is 29.0. The molecule has 0 radical (unpaired) electrons. The maximum absolute atomic E-state index is 14.3. The molecule has 226 valence electrons. The van der Waals surface area contributed by atoms with E-state index in [1.807, 2.05) is 0 Å². The molecule has 1 saturated carbocycles. The Hall–Kier alpha value is -3.10. The van der Waals surface area contributed by atoms with E-state index in [4.69, 9.17) is 9.47 Å². The van der Waals surface area contributed by atoms with E-state index in [9.17, 15) is 30.8 Å². The number of sulfone groups is 1. The number of hydrogen-bond donors (Lipinski definition) is 1. The van der Waals surface area contributed by atoms with Gasteiger partial charge in [0.2, 0.25) is 0 Å². The van der Waals surface area contributed by atoms with Crippen LogP contribution in [0.1, 0.15) is 74.4 Å². The lowest BCUT2D eigenvalue weighted by Gasteiger charge is -2.25. The second-order valence-corrected chi connectivity index (χ2v) is 13.1. The second kappa shape index (κ2) is 10.9. The average molecular weight is 611 g/mol. The SMILES string of the molecule is CS(=O)(=O)c1cc([C@@H]2CCCO2)ccc1Nc1cc(CC(=O)C2CC2(F)F)nc2c1nc(C(F)F)n2C1CCCCO1. The van der Waals surface area contributed by atoms with E-state index in [-0.39, 0.29) is 39.2 Å². The number of anilines is 2. The number of nitrogens with zero attached hydrogens (tertiary/aromatic N) is 3. The van der Waals surface area contributed by atoms with Gasteiger partial charge >= 0.3 is 0 Å². The van der Waals surface area contributed by atoms with Gasteiger partial charge in [0.15, 0.2) is 21.3 Å². The number of Topliss-reactive ketones (excluding diaryl/α,β-unsaturated/α-hetero) is 1. The molecular formula is C28H30F4N4O5S. The van der Waals surface area contributed by atoms with Crippen molar-refractivity contribution in [2.45, 2.75) is 74.5 Å². The van der Waals surface area contributed by atoms with Crippen molar-refractivity contribution in [2.75, 3.05) is 24.8 Å². The fourth-order valence-corrected chi connectivity index (χ4v) is 6.55. The Morgan fingerprint density at radius 2 is 1.86 bits per heavy atom. The molecule has 6 rings (SSSR count). The third-order valence-electron chi connectivity index (χ3n) is 7.91. The molecule has 3 aliphatic rings. The highest BCUT2D eigenvalue weighted by molar-refractivity contribution is 7.90. The van der Waals surface area contributed by atoms with Crippen molar-refractivity contribution in [3.05, 3.63) is 41.3 Å². The Morgan fingerprint density at radius 1 is 1.10 bits per heavy atom. The topological polar surface area (TPSA) is 112 Å². The number of nitrogens with one attached hydrogen (secondary N) is 1. The molecule has 0 bridgehead atoms. The quantitative estimate of drug-likeness (QED) is 0.301. The zero-order valence-electron chi connectivity index (χ0n) is 22.8. The van der Waals surface area contributed by atoms with Crippen LogP contribution in [0.25, 0.3) is 11.2 Å². The number of fused-ring (bicyclic) bond motifs is 1. The highest BCUT2D eigenvalue weighted by atomic mass is 32.2. The Balaban J connectivity index is 1.47. The summed E-state index contributed by atoms with van der Waals surface area (Å²) in [4.78, 5) is 21.2.